The van der Waals surface area contributed by atoms with Crippen molar-refractivity contribution in [2.75, 3.05) is 17.2 Å². The van der Waals surface area contributed by atoms with Crippen LogP contribution < -0.4 is 11.1 Å². The van der Waals surface area contributed by atoms with Crippen molar-refractivity contribution in [3.63, 3.8) is 0 Å². The van der Waals surface area contributed by atoms with E-state index in [1.807, 2.05) is 56.8 Å². The smallest absolute Gasteiger partial charge is 0.230 e. The molecular weight excluding hydrogens is 256 g/mol. The van der Waals surface area contributed by atoms with Gasteiger partial charge >= 0.3 is 0 Å². The van der Waals surface area contributed by atoms with E-state index < -0.39 is 5.41 Å². The molecule has 3 nitrogen and oxygen atoms in total. The van der Waals surface area contributed by atoms with E-state index in [1.54, 1.807) is 0 Å². The third-order valence-corrected chi connectivity index (χ3v) is 4.29. The fourth-order valence-electron chi connectivity index (χ4n) is 1.77. The molecule has 0 aliphatic rings. The summed E-state index contributed by atoms with van der Waals surface area (Å²) in [6, 6.07) is 7.69. The Hall–Kier alpha value is -1.16. The molecule has 3 N–H and O–H groups in total. The average Bonchev–Trinajstić information content (AvgIpc) is 2.36. The Balaban J connectivity index is 2.71. The molecular formula is C15H24N2OS. The minimum Gasteiger partial charge on any atom is -0.399 e. The van der Waals surface area contributed by atoms with E-state index in [9.17, 15) is 4.79 Å². The van der Waals surface area contributed by atoms with E-state index in [-0.39, 0.29) is 11.9 Å². The number of nitrogens with two attached hydrogens (primary N) is 1. The van der Waals surface area contributed by atoms with Crippen LogP contribution in [0.15, 0.2) is 24.3 Å². The summed E-state index contributed by atoms with van der Waals surface area (Å²) in [5.41, 5.74) is 6.83. The molecule has 0 spiro atoms. The zero-order chi connectivity index (χ0) is 14.5. The fourth-order valence-corrected chi connectivity index (χ4v) is 2.44. The summed E-state index contributed by atoms with van der Waals surface area (Å²) in [6.07, 6.45) is 0. The van der Waals surface area contributed by atoms with Gasteiger partial charge in [0.1, 0.15) is 0 Å². The van der Waals surface area contributed by atoms with Gasteiger partial charge in [-0.2, -0.15) is 11.8 Å². The first kappa shape index (κ1) is 15.9. The second kappa shape index (κ2) is 6.85. The zero-order valence-corrected chi connectivity index (χ0v) is 13.0. The van der Waals surface area contributed by atoms with Gasteiger partial charge in [-0.25, -0.2) is 0 Å². The largest absolute Gasteiger partial charge is 0.399 e. The molecule has 1 rings (SSSR count). The number of carbonyl (C=O) groups excluding carboxylic acids is 1. The third-order valence-electron chi connectivity index (χ3n) is 3.15. The molecule has 0 aliphatic carbocycles. The summed E-state index contributed by atoms with van der Waals surface area (Å²) >= 11 is 1.84. The maximum atomic E-state index is 12.4. The summed E-state index contributed by atoms with van der Waals surface area (Å²) in [5, 5.41) is 3.08. The van der Waals surface area contributed by atoms with Gasteiger partial charge in [-0.1, -0.05) is 19.1 Å². The predicted octanol–water partition coefficient (Wildman–Crippen LogP) is 2.80. The Labute approximate surface area is 120 Å². The van der Waals surface area contributed by atoms with Gasteiger partial charge in [-0.05, 0) is 44.2 Å². The molecule has 1 atom stereocenters. The summed E-state index contributed by atoms with van der Waals surface area (Å²) in [6.45, 7) is 8.04. The van der Waals surface area contributed by atoms with Crippen LogP contribution >= 0.6 is 11.8 Å². The molecule has 0 bridgehead atoms. The number of thioether (sulfide) groups is 1. The lowest BCUT2D eigenvalue weighted by Crippen LogP contribution is -2.45. The number of nitrogen functional groups attached to an aromatic ring is 1. The monoisotopic (exact) mass is 280 g/mol. The van der Waals surface area contributed by atoms with Gasteiger partial charge in [0.2, 0.25) is 5.91 Å². The minimum absolute atomic E-state index is 0.0569. The summed E-state index contributed by atoms with van der Waals surface area (Å²) < 4.78 is 0. The second-order valence-electron chi connectivity index (χ2n) is 5.28. The van der Waals surface area contributed by atoms with Crippen LogP contribution in [0.4, 0.5) is 5.69 Å². The van der Waals surface area contributed by atoms with Crippen LogP contribution in [-0.4, -0.2) is 23.5 Å². The highest BCUT2D eigenvalue weighted by molar-refractivity contribution is 7.99. The SMILES string of the molecule is CCSCC(C)NC(=O)C(C)(C)c1ccc(N)cc1. The zero-order valence-electron chi connectivity index (χ0n) is 12.2. The van der Waals surface area contributed by atoms with Crippen LogP contribution in [-0.2, 0) is 10.2 Å². The van der Waals surface area contributed by atoms with E-state index in [4.69, 9.17) is 5.73 Å². The maximum Gasteiger partial charge on any atom is 0.230 e. The quantitative estimate of drug-likeness (QED) is 0.788. The lowest BCUT2D eigenvalue weighted by molar-refractivity contribution is -0.126. The van der Waals surface area contributed by atoms with Crippen molar-refractivity contribution in [3.8, 4) is 0 Å². The highest BCUT2D eigenvalue weighted by Gasteiger charge is 2.30. The highest BCUT2D eigenvalue weighted by atomic mass is 32.2. The number of anilines is 1. The number of carbonyl (C=O) groups is 1. The van der Waals surface area contributed by atoms with Crippen molar-refractivity contribution >= 4 is 23.4 Å². The van der Waals surface area contributed by atoms with E-state index >= 15 is 0 Å². The number of benzene rings is 1. The first-order valence-electron chi connectivity index (χ1n) is 6.62. The van der Waals surface area contributed by atoms with Crippen molar-refractivity contribution in [2.45, 2.75) is 39.2 Å². The average molecular weight is 280 g/mol. The molecule has 19 heavy (non-hydrogen) atoms. The van der Waals surface area contributed by atoms with Gasteiger partial charge in [0.25, 0.3) is 0 Å². The lowest BCUT2D eigenvalue weighted by atomic mass is 9.83. The Morgan fingerprint density at radius 2 is 1.95 bits per heavy atom. The van der Waals surface area contributed by atoms with Crippen molar-refractivity contribution in [1.82, 2.24) is 5.32 Å². The van der Waals surface area contributed by atoms with E-state index in [1.165, 1.54) is 0 Å². The molecule has 0 heterocycles. The normalized spacial score (nSPS) is 13.1. The third kappa shape index (κ3) is 4.46. The molecule has 1 aromatic rings. The Morgan fingerprint density at radius 1 is 1.37 bits per heavy atom. The molecule has 0 aliphatic heterocycles. The number of rotatable bonds is 6. The molecule has 1 amide bonds. The van der Waals surface area contributed by atoms with Crippen LogP contribution in [0.2, 0.25) is 0 Å². The number of hydrogen-bond donors (Lipinski definition) is 2. The van der Waals surface area contributed by atoms with Gasteiger partial charge in [0.05, 0.1) is 5.41 Å². The van der Waals surface area contributed by atoms with E-state index in [0.717, 1.165) is 17.1 Å². The molecule has 0 fully saturated rings. The summed E-state index contributed by atoms with van der Waals surface area (Å²) in [7, 11) is 0. The molecule has 0 saturated carbocycles. The molecule has 4 heteroatoms. The first-order valence-corrected chi connectivity index (χ1v) is 7.78. The minimum atomic E-state index is -0.543. The van der Waals surface area contributed by atoms with Crippen LogP contribution in [0, 0.1) is 0 Å². The molecule has 0 aromatic heterocycles. The Kier molecular flexibility index (Phi) is 5.73. The summed E-state index contributed by atoms with van der Waals surface area (Å²) in [5.74, 6) is 2.07. The lowest BCUT2D eigenvalue weighted by Gasteiger charge is -2.26. The Bertz CT molecular complexity index is 415. The van der Waals surface area contributed by atoms with Crippen molar-refractivity contribution in [3.05, 3.63) is 29.8 Å². The van der Waals surface area contributed by atoms with Crippen LogP contribution in [0.5, 0.6) is 0 Å². The molecule has 106 valence electrons. The van der Waals surface area contributed by atoms with Crippen LogP contribution in [0.3, 0.4) is 0 Å². The highest BCUT2D eigenvalue weighted by Crippen LogP contribution is 2.24. The first-order chi connectivity index (χ1) is 8.87. The second-order valence-corrected chi connectivity index (χ2v) is 6.60. The van der Waals surface area contributed by atoms with E-state index in [2.05, 4.69) is 12.2 Å². The van der Waals surface area contributed by atoms with Gasteiger partial charge in [0, 0.05) is 17.5 Å². The molecule has 1 unspecified atom stereocenters. The number of nitrogens with one attached hydrogen (secondary N) is 1. The van der Waals surface area contributed by atoms with Crippen LogP contribution in [0.25, 0.3) is 0 Å². The topological polar surface area (TPSA) is 55.1 Å². The standard InChI is InChI=1S/C15H24N2OS/c1-5-19-10-11(2)17-14(18)15(3,4)12-6-8-13(16)9-7-12/h6-9,11H,5,10,16H2,1-4H3,(H,17,18). The molecule has 0 radical (unpaired) electrons. The van der Waals surface area contributed by atoms with Crippen molar-refractivity contribution in [1.29, 1.82) is 0 Å². The number of hydrogen-bond acceptors (Lipinski definition) is 3. The molecule has 0 saturated heterocycles. The molecule has 1 aromatic carbocycles. The van der Waals surface area contributed by atoms with Gasteiger partial charge in [-0.15, -0.1) is 0 Å². The Morgan fingerprint density at radius 3 is 2.47 bits per heavy atom. The predicted molar refractivity (Wildman–Crippen MR) is 84.5 cm³/mol. The van der Waals surface area contributed by atoms with Gasteiger partial charge < -0.3 is 11.1 Å². The van der Waals surface area contributed by atoms with Crippen molar-refractivity contribution in [2.24, 2.45) is 0 Å². The van der Waals surface area contributed by atoms with E-state index in [0.29, 0.717) is 5.69 Å². The summed E-state index contributed by atoms with van der Waals surface area (Å²) in [4.78, 5) is 12.4. The van der Waals surface area contributed by atoms with Gasteiger partial charge in [0.15, 0.2) is 0 Å². The fraction of sp³-hybridized carbons (Fsp3) is 0.533. The number of amides is 1. The van der Waals surface area contributed by atoms with Crippen molar-refractivity contribution < 1.29 is 4.79 Å². The van der Waals surface area contributed by atoms with Gasteiger partial charge in [-0.3, -0.25) is 4.79 Å². The maximum absolute atomic E-state index is 12.4. The van der Waals surface area contributed by atoms with Crippen LogP contribution in [0.1, 0.15) is 33.3 Å².